The second-order valence-corrected chi connectivity index (χ2v) is 10.1. The molecule has 0 saturated carbocycles. The third-order valence-corrected chi connectivity index (χ3v) is 7.83. The van der Waals surface area contributed by atoms with E-state index in [0.29, 0.717) is 12.8 Å². The van der Waals surface area contributed by atoms with Gasteiger partial charge in [0.25, 0.3) is 0 Å². The summed E-state index contributed by atoms with van der Waals surface area (Å²) >= 11 is 0. The van der Waals surface area contributed by atoms with E-state index < -0.39 is 9.84 Å². The van der Waals surface area contributed by atoms with Gasteiger partial charge in [-0.05, 0) is 37.5 Å². The molecule has 3 rings (SSSR count). The highest BCUT2D eigenvalue weighted by Crippen LogP contribution is 2.24. The van der Waals surface area contributed by atoms with Gasteiger partial charge in [-0.1, -0.05) is 12.1 Å². The van der Waals surface area contributed by atoms with E-state index in [1.807, 2.05) is 0 Å². The van der Waals surface area contributed by atoms with Gasteiger partial charge in [0.1, 0.15) is 0 Å². The number of sulfone groups is 1. The minimum absolute atomic E-state index is 0.0501. The van der Waals surface area contributed by atoms with Gasteiger partial charge in [-0.2, -0.15) is 0 Å². The molecule has 1 aromatic rings. The molecule has 1 atom stereocenters. The number of piperazine rings is 1. The predicted octanol–water partition coefficient (Wildman–Crippen LogP) is 1.46. The summed E-state index contributed by atoms with van der Waals surface area (Å²) in [5.41, 5.74) is 3.97. The van der Waals surface area contributed by atoms with Crippen molar-refractivity contribution in [2.75, 3.05) is 56.2 Å². The largest absolute Gasteiger partial charge is 0.369 e. The summed E-state index contributed by atoms with van der Waals surface area (Å²) < 4.78 is 23.2. The van der Waals surface area contributed by atoms with Crippen LogP contribution in [0.3, 0.4) is 0 Å². The molecule has 150 valence electrons. The normalized spacial score (nSPS) is 22.8. The molecule has 1 amide bonds. The Morgan fingerprint density at radius 1 is 1.19 bits per heavy atom. The van der Waals surface area contributed by atoms with Crippen LogP contribution in [-0.2, 0) is 14.6 Å². The Morgan fingerprint density at radius 2 is 1.89 bits per heavy atom. The second kappa shape index (κ2) is 8.19. The number of amides is 1. The third kappa shape index (κ3) is 4.82. The fourth-order valence-electron chi connectivity index (χ4n) is 4.01. The molecule has 0 aliphatic carbocycles. The molecular formula is C20H31N3O3S. The number of nitrogens with zero attached hydrogens (tertiary/aromatic N) is 3. The summed E-state index contributed by atoms with van der Waals surface area (Å²) in [6, 6.07) is 6.30. The van der Waals surface area contributed by atoms with Gasteiger partial charge in [0, 0.05) is 57.9 Å². The number of aryl methyl sites for hydroxylation is 1. The van der Waals surface area contributed by atoms with Crippen LogP contribution in [0.1, 0.15) is 24.0 Å². The number of carbonyl (C=O) groups excluding carboxylic acids is 1. The Balaban J connectivity index is 1.45. The van der Waals surface area contributed by atoms with Gasteiger partial charge in [0.2, 0.25) is 5.91 Å². The molecule has 2 aliphatic rings. The van der Waals surface area contributed by atoms with Crippen molar-refractivity contribution in [3.05, 3.63) is 29.3 Å². The van der Waals surface area contributed by atoms with E-state index in [1.165, 1.54) is 16.8 Å². The SMILES string of the molecule is Cc1cccc(N2CCN(CCC(=O)N(C)C3CCS(=O)(=O)C3)CC2)c1C. The monoisotopic (exact) mass is 393 g/mol. The van der Waals surface area contributed by atoms with Crippen molar-refractivity contribution in [1.82, 2.24) is 9.80 Å². The van der Waals surface area contributed by atoms with E-state index in [-0.39, 0.29) is 23.5 Å². The van der Waals surface area contributed by atoms with Crippen molar-refractivity contribution in [2.24, 2.45) is 0 Å². The maximum atomic E-state index is 12.4. The first-order valence-corrected chi connectivity index (χ1v) is 11.6. The van der Waals surface area contributed by atoms with Crippen molar-refractivity contribution >= 4 is 21.4 Å². The van der Waals surface area contributed by atoms with Crippen LogP contribution in [0.2, 0.25) is 0 Å². The van der Waals surface area contributed by atoms with E-state index in [4.69, 9.17) is 0 Å². The first-order valence-electron chi connectivity index (χ1n) is 9.76. The van der Waals surface area contributed by atoms with Crippen molar-refractivity contribution in [3.8, 4) is 0 Å². The van der Waals surface area contributed by atoms with Gasteiger partial charge in [0.05, 0.1) is 11.5 Å². The number of rotatable bonds is 5. The lowest BCUT2D eigenvalue weighted by Crippen LogP contribution is -2.48. The van der Waals surface area contributed by atoms with Crippen molar-refractivity contribution < 1.29 is 13.2 Å². The Bertz CT molecular complexity index is 786. The van der Waals surface area contributed by atoms with Crippen LogP contribution in [0, 0.1) is 13.8 Å². The van der Waals surface area contributed by atoms with E-state index in [2.05, 4.69) is 41.8 Å². The molecule has 1 unspecified atom stereocenters. The van der Waals surface area contributed by atoms with E-state index in [9.17, 15) is 13.2 Å². The molecule has 0 N–H and O–H groups in total. The fraction of sp³-hybridized carbons (Fsp3) is 0.650. The van der Waals surface area contributed by atoms with E-state index in [1.54, 1.807) is 11.9 Å². The highest BCUT2D eigenvalue weighted by Gasteiger charge is 2.32. The molecule has 2 heterocycles. The molecule has 7 heteroatoms. The van der Waals surface area contributed by atoms with Gasteiger partial charge in [-0.3, -0.25) is 9.69 Å². The fourth-order valence-corrected chi connectivity index (χ4v) is 5.78. The maximum Gasteiger partial charge on any atom is 0.223 e. The standard InChI is InChI=1S/C20H31N3O3S/c1-16-5-4-6-19(17(16)2)23-12-10-22(11-13-23)9-7-20(24)21(3)18-8-14-27(25,26)15-18/h4-6,18H,7-15H2,1-3H3. The van der Waals surface area contributed by atoms with E-state index >= 15 is 0 Å². The lowest BCUT2D eigenvalue weighted by atomic mass is 10.1. The van der Waals surface area contributed by atoms with Gasteiger partial charge in [0.15, 0.2) is 9.84 Å². The number of hydrogen-bond donors (Lipinski definition) is 0. The quantitative estimate of drug-likeness (QED) is 0.758. The molecule has 2 saturated heterocycles. The highest BCUT2D eigenvalue weighted by molar-refractivity contribution is 7.91. The predicted molar refractivity (Wildman–Crippen MR) is 109 cm³/mol. The average molecular weight is 394 g/mol. The Labute approximate surface area is 163 Å². The highest BCUT2D eigenvalue weighted by atomic mass is 32.2. The van der Waals surface area contributed by atoms with Crippen LogP contribution in [0.5, 0.6) is 0 Å². The zero-order valence-electron chi connectivity index (χ0n) is 16.6. The minimum Gasteiger partial charge on any atom is -0.369 e. The first kappa shape index (κ1) is 20.1. The summed E-state index contributed by atoms with van der Waals surface area (Å²) in [4.78, 5) is 18.9. The smallest absolute Gasteiger partial charge is 0.223 e. The third-order valence-electron chi connectivity index (χ3n) is 6.08. The lowest BCUT2D eigenvalue weighted by molar-refractivity contribution is -0.131. The molecule has 27 heavy (non-hydrogen) atoms. The summed E-state index contributed by atoms with van der Waals surface area (Å²) in [5.74, 6) is 0.369. The molecule has 0 bridgehead atoms. The molecule has 2 fully saturated rings. The molecule has 0 spiro atoms. The Morgan fingerprint density at radius 3 is 2.52 bits per heavy atom. The first-order chi connectivity index (χ1) is 12.8. The van der Waals surface area contributed by atoms with Crippen molar-refractivity contribution in [3.63, 3.8) is 0 Å². The number of anilines is 1. The molecule has 0 aromatic heterocycles. The average Bonchev–Trinajstić information content (AvgIpc) is 3.01. The lowest BCUT2D eigenvalue weighted by Gasteiger charge is -2.37. The minimum atomic E-state index is -2.96. The van der Waals surface area contributed by atoms with E-state index in [0.717, 1.165) is 32.7 Å². The maximum absolute atomic E-state index is 12.4. The second-order valence-electron chi connectivity index (χ2n) is 7.86. The van der Waals surface area contributed by atoms with Crippen LogP contribution in [-0.4, -0.2) is 81.4 Å². The van der Waals surface area contributed by atoms with Gasteiger partial charge >= 0.3 is 0 Å². The van der Waals surface area contributed by atoms with Crippen LogP contribution in [0.15, 0.2) is 18.2 Å². The topological polar surface area (TPSA) is 60.9 Å². The van der Waals surface area contributed by atoms with Gasteiger partial charge in [-0.25, -0.2) is 8.42 Å². The Kier molecular flexibility index (Phi) is 6.11. The van der Waals surface area contributed by atoms with Crippen LogP contribution in [0.25, 0.3) is 0 Å². The Hall–Kier alpha value is -1.60. The van der Waals surface area contributed by atoms with Crippen LogP contribution < -0.4 is 4.90 Å². The number of hydrogen-bond acceptors (Lipinski definition) is 5. The molecule has 2 aliphatic heterocycles. The molecule has 6 nitrogen and oxygen atoms in total. The summed E-state index contributed by atoms with van der Waals surface area (Å²) in [6.45, 7) is 8.89. The number of carbonyl (C=O) groups is 1. The summed E-state index contributed by atoms with van der Waals surface area (Å²) in [7, 11) is -1.22. The summed E-state index contributed by atoms with van der Waals surface area (Å²) in [6.07, 6.45) is 1.02. The van der Waals surface area contributed by atoms with Gasteiger partial charge in [-0.15, -0.1) is 0 Å². The zero-order valence-corrected chi connectivity index (χ0v) is 17.5. The van der Waals surface area contributed by atoms with Crippen LogP contribution >= 0.6 is 0 Å². The zero-order chi connectivity index (χ0) is 19.6. The van der Waals surface area contributed by atoms with Crippen molar-refractivity contribution in [1.29, 1.82) is 0 Å². The molecule has 1 aromatic carbocycles. The van der Waals surface area contributed by atoms with Crippen LogP contribution in [0.4, 0.5) is 5.69 Å². The summed E-state index contributed by atoms with van der Waals surface area (Å²) in [5, 5.41) is 0. The van der Waals surface area contributed by atoms with Crippen molar-refractivity contribution in [2.45, 2.75) is 32.7 Å². The molecular weight excluding hydrogens is 362 g/mol. The number of benzene rings is 1. The van der Waals surface area contributed by atoms with Gasteiger partial charge < -0.3 is 9.80 Å². The molecule has 0 radical (unpaired) electrons.